The molecule has 3 aliphatic rings. The summed E-state index contributed by atoms with van der Waals surface area (Å²) < 4.78 is 10.9. The summed E-state index contributed by atoms with van der Waals surface area (Å²) in [6.07, 6.45) is 2.03. The third kappa shape index (κ3) is 3.70. The van der Waals surface area contributed by atoms with Gasteiger partial charge in [0.1, 0.15) is 6.61 Å². The van der Waals surface area contributed by atoms with Crippen LogP contribution in [0.3, 0.4) is 0 Å². The van der Waals surface area contributed by atoms with Gasteiger partial charge in [0.15, 0.2) is 0 Å². The van der Waals surface area contributed by atoms with Crippen LogP contribution in [0.2, 0.25) is 0 Å². The normalized spacial score (nSPS) is 25.7. The first-order valence-electron chi connectivity index (χ1n) is 8.56. The van der Waals surface area contributed by atoms with Gasteiger partial charge in [-0.25, -0.2) is 0 Å². The van der Waals surface area contributed by atoms with E-state index >= 15 is 0 Å². The van der Waals surface area contributed by atoms with Crippen molar-refractivity contribution in [3.8, 4) is 0 Å². The Balaban J connectivity index is 1.39. The standard InChI is InChI=1S/C16H25N3O5/c1-17-16(22)11-6-14(20)19(7-11)12-8-18(9-12)15(21)10-24-13-2-4-23-5-3-13/h11-13H,2-10H2,1H3,(H,17,22). The van der Waals surface area contributed by atoms with Crippen molar-refractivity contribution in [2.24, 2.45) is 5.92 Å². The molecule has 1 atom stereocenters. The molecule has 1 N–H and O–H groups in total. The number of carbonyl (C=O) groups excluding carboxylic acids is 3. The highest BCUT2D eigenvalue weighted by molar-refractivity contribution is 5.89. The SMILES string of the molecule is CNC(=O)C1CC(=O)N(C2CN(C(=O)COC3CCOCC3)C2)C1. The average molecular weight is 339 g/mol. The van der Waals surface area contributed by atoms with Crippen molar-refractivity contribution in [2.45, 2.75) is 31.4 Å². The van der Waals surface area contributed by atoms with Crippen LogP contribution in [-0.2, 0) is 23.9 Å². The molecule has 1 unspecified atom stereocenters. The third-order valence-corrected chi connectivity index (χ3v) is 5.04. The molecule has 0 aliphatic carbocycles. The Bertz CT molecular complexity index is 500. The molecule has 0 bridgehead atoms. The van der Waals surface area contributed by atoms with Crippen molar-refractivity contribution >= 4 is 17.7 Å². The summed E-state index contributed by atoms with van der Waals surface area (Å²) >= 11 is 0. The van der Waals surface area contributed by atoms with Crippen molar-refractivity contribution in [1.29, 1.82) is 0 Å². The van der Waals surface area contributed by atoms with Crippen molar-refractivity contribution < 1.29 is 23.9 Å². The van der Waals surface area contributed by atoms with E-state index in [0.29, 0.717) is 32.8 Å². The molecule has 3 fully saturated rings. The van der Waals surface area contributed by atoms with E-state index in [2.05, 4.69) is 5.32 Å². The highest BCUT2D eigenvalue weighted by Gasteiger charge is 2.43. The Morgan fingerprint density at radius 2 is 1.96 bits per heavy atom. The smallest absolute Gasteiger partial charge is 0.248 e. The summed E-state index contributed by atoms with van der Waals surface area (Å²) in [5.74, 6) is -0.404. The van der Waals surface area contributed by atoms with E-state index < -0.39 is 0 Å². The fourth-order valence-corrected chi connectivity index (χ4v) is 3.44. The lowest BCUT2D eigenvalue weighted by Gasteiger charge is -2.44. The van der Waals surface area contributed by atoms with E-state index in [1.807, 2.05) is 0 Å². The second kappa shape index (κ2) is 7.48. The lowest BCUT2D eigenvalue weighted by molar-refractivity contribution is -0.150. The zero-order valence-corrected chi connectivity index (χ0v) is 14.0. The Labute approximate surface area is 141 Å². The van der Waals surface area contributed by atoms with Gasteiger partial charge in [-0.15, -0.1) is 0 Å². The zero-order chi connectivity index (χ0) is 17.1. The van der Waals surface area contributed by atoms with Gasteiger partial charge in [-0.3, -0.25) is 14.4 Å². The molecule has 0 radical (unpaired) electrons. The summed E-state index contributed by atoms with van der Waals surface area (Å²) in [6.45, 7) is 2.97. The molecule has 8 heteroatoms. The highest BCUT2D eigenvalue weighted by atomic mass is 16.5. The number of hydrogen-bond acceptors (Lipinski definition) is 5. The van der Waals surface area contributed by atoms with Crippen molar-refractivity contribution in [2.75, 3.05) is 46.5 Å². The maximum atomic E-state index is 12.1. The number of amides is 3. The molecule has 3 rings (SSSR count). The van der Waals surface area contributed by atoms with Gasteiger partial charge in [0.25, 0.3) is 0 Å². The van der Waals surface area contributed by atoms with Crippen molar-refractivity contribution in [3.63, 3.8) is 0 Å². The minimum absolute atomic E-state index is 0.000783. The Hall–Kier alpha value is -1.67. The largest absolute Gasteiger partial charge is 0.381 e. The molecule has 24 heavy (non-hydrogen) atoms. The van der Waals surface area contributed by atoms with Gasteiger partial charge in [0.2, 0.25) is 17.7 Å². The quantitative estimate of drug-likeness (QED) is 0.693. The molecule has 0 saturated carbocycles. The summed E-state index contributed by atoms with van der Waals surface area (Å²) in [5, 5.41) is 2.59. The number of carbonyl (C=O) groups is 3. The van der Waals surface area contributed by atoms with Gasteiger partial charge in [-0.05, 0) is 12.8 Å². The Kier molecular flexibility index (Phi) is 5.35. The van der Waals surface area contributed by atoms with Crippen LogP contribution in [0.25, 0.3) is 0 Å². The van der Waals surface area contributed by atoms with Gasteiger partial charge in [-0.1, -0.05) is 0 Å². The maximum Gasteiger partial charge on any atom is 0.248 e. The zero-order valence-electron chi connectivity index (χ0n) is 14.0. The van der Waals surface area contributed by atoms with Crippen LogP contribution in [0.4, 0.5) is 0 Å². The monoisotopic (exact) mass is 339 g/mol. The summed E-state index contributed by atoms with van der Waals surface area (Å²) in [5.41, 5.74) is 0. The van der Waals surface area contributed by atoms with Crippen LogP contribution in [0.5, 0.6) is 0 Å². The molecule has 134 valence electrons. The molecule has 0 aromatic rings. The lowest BCUT2D eigenvalue weighted by atomic mass is 10.1. The van der Waals surface area contributed by atoms with Gasteiger partial charge in [0, 0.05) is 46.3 Å². The molecule has 3 heterocycles. The molecule has 0 aromatic heterocycles. The average Bonchev–Trinajstić information content (AvgIpc) is 2.93. The number of ether oxygens (including phenoxy) is 2. The van der Waals surface area contributed by atoms with E-state index in [0.717, 1.165) is 12.8 Å². The Morgan fingerprint density at radius 3 is 2.62 bits per heavy atom. The lowest BCUT2D eigenvalue weighted by Crippen LogP contribution is -2.62. The Morgan fingerprint density at radius 1 is 1.25 bits per heavy atom. The fraction of sp³-hybridized carbons (Fsp3) is 0.812. The first-order chi connectivity index (χ1) is 11.6. The molecular formula is C16H25N3O5. The van der Waals surface area contributed by atoms with Crippen molar-refractivity contribution in [1.82, 2.24) is 15.1 Å². The van der Waals surface area contributed by atoms with E-state index in [1.54, 1.807) is 16.8 Å². The van der Waals surface area contributed by atoms with Gasteiger partial charge < -0.3 is 24.6 Å². The van der Waals surface area contributed by atoms with Crippen LogP contribution in [0.15, 0.2) is 0 Å². The van der Waals surface area contributed by atoms with Crippen LogP contribution >= 0.6 is 0 Å². The van der Waals surface area contributed by atoms with E-state index in [1.165, 1.54) is 0 Å². The predicted octanol–water partition coefficient (Wildman–Crippen LogP) is -1.01. The third-order valence-electron chi connectivity index (χ3n) is 5.04. The van der Waals surface area contributed by atoms with Crippen LogP contribution < -0.4 is 5.32 Å². The predicted molar refractivity (Wildman–Crippen MR) is 84.0 cm³/mol. The summed E-state index contributed by atoms with van der Waals surface area (Å²) in [7, 11) is 1.58. The number of hydrogen-bond donors (Lipinski definition) is 1. The van der Waals surface area contributed by atoms with Crippen molar-refractivity contribution in [3.05, 3.63) is 0 Å². The first-order valence-corrected chi connectivity index (χ1v) is 8.56. The number of nitrogens with zero attached hydrogens (tertiary/aromatic N) is 2. The van der Waals surface area contributed by atoms with E-state index in [4.69, 9.17) is 9.47 Å². The first kappa shape index (κ1) is 17.2. The van der Waals surface area contributed by atoms with Gasteiger partial charge in [0.05, 0.1) is 18.1 Å². The summed E-state index contributed by atoms with van der Waals surface area (Å²) in [4.78, 5) is 39.3. The second-order valence-corrected chi connectivity index (χ2v) is 6.64. The van der Waals surface area contributed by atoms with E-state index in [9.17, 15) is 14.4 Å². The molecule has 3 saturated heterocycles. The molecular weight excluding hydrogens is 314 g/mol. The second-order valence-electron chi connectivity index (χ2n) is 6.64. The number of nitrogens with one attached hydrogen (secondary N) is 1. The molecule has 3 amide bonds. The van der Waals surface area contributed by atoms with Crippen LogP contribution in [0, 0.1) is 5.92 Å². The minimum Gasteiger partial charge on any atom is -0.381 e. The van der Waals surface area contributed by atoms with Crippen LogP contribution in [-0.4, -0.2) is 86.2 Å². The topological polar surface area (TPSA) is 88.2 Å². The van der Waals surface area contributed by atoms with Crippen LogP contribution in [0.1, 0.15) is 19.3 Å². The van der Waals surface area contributed by atoms with E-state index in [-0.39, 0.29) is 48.8 Å². The van der Waals surface area contributed by atoms with Gasteiger partial charge in [-0.2, -0.15) is 0 Å². The highest BCUT2D eigenvalue weighted by Crippen LogP contribution is 2.25. The molecule has 0 spiro atoms. The van der Waals surface area contributed by atoms with Gasteiger partial charge >= 0.3 is 0 Å². The molecule has 0 aromatic carbocycles. The maximum absolute atomic E-state index is 12.1. The number of rotatable bonds is 5. The minimum atomic E-state index is -0.274. The molecule has 3 aliphatic heterocycles. The number of likely N-dealkylation sites (tertiary alicyclic amines) is 2. The fourth-order valence-electron chi connectivity index (χ4n) is 3.44. The summed E-state index contributed by atoms with van der Waals surface area (Å²) in [6, 6.07) is 0.0270. The molecule has 8 nitrogen and oxygen atoms in total.